The minimum atomic E-state index is -3.78. The molecular weight excluding hydrogens is 408 g/mol. The van der Waals surface area contributed by atoms with Gasteiger partial charge in [0, 0.05) is 37.8 Å². The maximum Gasteiger partial charge on any atom is 0.269 e. The smallest absolute Gasteiger partial charge is 0.269 e. The molecule has 2 unspecified atom stereocenters. The number of rotatable bonds is 6. The number of sulfonamides is 1. The van der Waals surface area contributed by atoms with Crippen LogP contribution in [0.1, 0.15) is 25.7 Å². The summed E-state index contributed by atoms with van der Waals surface area (Å²) >= 11 is 0. The van der Waals surface area contributed by atoms with Crippen molar-refractivity contribution in [3.63, 3.8) is 0 Å². The van der Waals surface area contributed by atoms with Crippen molar-refractivity contribution >= 4 is 34.0 Å². The SMILES string of the molecule is Cl.O=C(NCC1CCCN1)C1CCCN(S(=O)(=O)c2ccc([N+](=O)[O-])cc2)C1. The molecule has 3 rings (SSSR count). The van der Waals surface area contributed by atoms with Crippen LogP contribution in [0.2, 0.25) is 0 Å². The van der Waals surface area contributed by atoms with Gasteiger partial charge in [0.15, 0.2) is 0 Å². The van der Waals surface area contributed by atoms with Gasteiger partial charge in [-0.25, -0.2) is 8.42 Å². The molecule has 9 nitrogen and oxygen atoms in total. The number of halogens is 1. The van der Waals surface area contributed by atoms with Gasteiger partial charge in [-0.1, -0.05) is 0 Å². The van der Waals surface area contributed by atoms with Crippen molar-refractivity contribution in [2.24, 2.45) is 5.92 Å². The molecule has 1 aromatic carbocycles. The summed E-state index contributed by atoms with van der Waals surface area (Å²) in [6.45, 7) is 1.99. The first-order valence-corrected chi connectivity index (χ1v) is 10.6. The Labute approximate surface area is 170 Å². The first-order chi connectivity index (χ1) is 12.9. The van der Waals surface area contributed by atoms with Gasteiger partial charge in [0.2, 0.25) is 15.9 Å². The standard InChI is InChI=1S/C17H24N4O5S.ClH/c22-17(19-11-14-4-1-9-18-14)13-3-2-10-20(12-13)27(25,26)16-7-5-15(6-8-16)21(23)24;/h5-8,13-14,18H,1-4,9-12H2,(H,19,22);1H. The zero-order chi connectivity index (χ0) is 19.4. The Balaban J connectivity index is 0.00000280. The van der Waals surface area contributed by atoms with E-state index in [0.717, 1.165) is 19.4 Å². The molecule has 2 atom stereocenters. The van der Waals surface area contributed by atoms with Crippen molar-refractivity contribution < 1.29 is 18.1 Å². The monoisotopic (exact) mass is 432 g/mol. The van der Waals surface area contributed by atoms with Crippen molar-refractivity contribution in [2.45, 2.75) is 36.6 Å². The van der Waals surface area contributed by atoms with Crippen LogP contribution in [0, 0.1) is 16.0 Å². The number of nitro benzene ring substituents is 1. The summed E-state index contributed by atoms with van der Waals surface area (Å²) in [5.41, 5.74) is -0.162. The van der Waals surface area contributed by atoms with Gasteiger partial charge in [0.05, 0.1) is 15.7 Å². The van der Waals surface area contributed by atoms with Crippen LogP contribution in [0.4, 0.5) is 5.69 Å². The Morgan fingerprint density at radius 1 is 1.25 bits per heavy atom. The number of nitro groups is 1. The number of non-ortho nitro benzene ring substituents is 1. The maximum absolute atomic E-state index is 12.8. The second-order valence-electron chi connectivity index (χ2n) is 6.99. The first-order valence-electron chi connectivity index (χ1n) is 9.13. The molecule has 0 aliphatic carbocycles. The third-order valence-electron chi connectivity index (χ3n) is 5.13. The van der Waals surface area contributed by atoms with Gasteiger partial charge in [-0.3, -0.25) is 14.9 Å². The Morgan fingerprint density at radius 3 is 2.57 bits per heavy atom. The molecule has 11 heteroatoms. The first kappa shape index (κ1) is 22.5. The van der Waals surface area contributed by atoms with Gasteiger partial charge in [-0.15, -0.1) is 12.4 Å². The van der Waals surface area contributed by atoms with E-state index in [1.54, 1.807) is 0 Å². The van der Waals surface area contributed by atoms with Crippen LogP contribution in [-0.2, 0) is 14.8 Å². The zero-order valence-electron chi connectivity index (χ0n) is 15.4. The van der Waals surface area contributed by atoms with E-state index in [9.17, 15) is 23.3 Å². The Kier molecular flexibility index (Phi) is 7.76. The van der Waals surface area contributed by atoms with Crippen LogP contribution in [0.5, 0.6) is 0 Å². The molecule has 2 heterocycles. The molecule has 0 spiro atoms. The van der Waals surface area contributed by atoms with Crippen LogP contribution in [0.25, 0.3) is 0 Å². The maximum atomic E-state index is 12.8. The molecule has 2 fully saturated rings. The van der Waals surface area contributed by atoms with E-state index < -0.39 is 14.9 Å². The quantitative estimate of drug-likeness (QED) is 0.516. The predicted molar refractivity (Wildman–Crippen MR) is 106 cm³/mol. The van der Waals surface area contributed by atoms with Crippen LogP contribution < -0.4 is 10.6 Å². The fraction of sp³-hybridized carbons (Fsp3) is 0.588. The lowest BCUT2D eigenvalue weighted by Gasteiger charge is -2.31. The summed E-state index contributed by atoms with van der Waals surface area (Å²) in [4.78, 5) is 22.6. The fourth-order valence-corrected chi connectivity index (χ4v) is 5.09. The molecule has 2 aliphatic rings. The number of carbonyl (C=O) groups excluding carboxylic acids is 1. The van der Waals surface area contributed by atoms with E-state index in [1.165, 1.54) is 28.6 Å². The Bertz CT molecular complexity index is 796. The van der Waals surface area contributed by atoms with Gasteiger partial charge in [-0.2, -0.15) is 4.31 Å². The average Bonchev–Trinajstić information content (AvgIpc) is 3.20. The van der Waals surface area contributed by atoms with Crippen LogP contribution >= 0.6 is 12.4 Å². The van der Waals surface area contributed by atoms with Gasteiger partial charge >= 0.3 is 0 Å². The topological polar surface area (TPSA) is 122 Å². The van der Waals surface area contributed by atoms with E-state index >= 15 is 0 Å². The Morgan fingerprint density at radius 2 is 1.96 bits per heavy atom. The highest BCUT2D eigenvalue weighted by Crippen LogP contribution is 2.25. The molecule has 0 radical (unpaired) electrons. The third-order valence-corrected chi connectivity index (χ3v) is 7.00. The van der Waals surface area contributed by atoms with Crippen molar-refractivity contribution in [1.29, 1.82) is 0 Å². The second-order valence-corrected chi connectivity index (χ2v) is 8.93. The van der Waals surface area contributed by atoms with E-state index in [-0.39, 0.29) is 47.4 Å². The van der Waals surface area contributed by atoms with Crippen LogP contribution in [0.3, 0.4) is 0 Å². The number of piperidine rings is 1. The number of carbonyl (C=O) groups is 1. The number of hydrogen-bond acceptors (Lipinski definition) is 6. The lowest BCUT2D eigenvalue weighted by Crippen LogP contribution is -2.47. The molecule has 0 saturated carbocycles. The summed E-state index contributed by atoms with van der Waals surface area (Å²) < 4.78 is 26.9. The second kappa shape index (κ2) is 9.64. The molecule has 2 saturated heterocycles. The van der Waals surface area contributed by atoms with E-state index in [0.29, 0.717) is 25.9 Å². The van der Waals surface area contributed by atoms with Crippen LogP contribution in [-0.4, -0.2) is 55.8 Å². The molecule has 2 aliphatic heterocycles. The minimum absolute atomic E-state index is 0. The van der Waals surface area contributed by atoms with E-state index in [1.807, 2.05) is 0 Å². The summed E-state index contributed by atoms with van der Waals surface area (Å²) in [6, 6.07) is 5.12. The number of nitrogens with zero attached hydrogens (tertiary/aromatic N) is 2. The number of hydrogen-bond donors (Lipinski definition) is 2. The molecular formula is C17H25ClN4O5S. The van der Waals surface area contributed by atoms with Crippen LogP contribution in [0.15, 0.2) is 29.2 Å². The molecule has 0 aromatic heterocycles. The highest BCUT2D eigenvalue weighted by molar-refractivity contribution is 7.89. The van der Waals surface area contributed by atoms with Crippen molar-refractivity contribution in [1.82, 2.24) is 14.9 Å². The largest absolute Gasteiger partial charge is 0.354 e. The van der Waals surface area contributed by atoms with Gasteiger partial charge in [0.1, 0.15) is 0 Å². The lowest BCUT2D eigenvalue weighted by molar-refractivity contribution is -0.384. The zero-order valence-corrected chi connectivity index (χ0v) is 17.0. The van der Waals surface area contributed by atoms with Crippen molar-refractivity contribution in [3.8, 4) is 0 Å². The highest BCUT2D eigenvalue weighted by atomic mass is 35.5. The lowest BCUT2D eigenvalue weighted by atomic mass is 9.98. The highest BCUT2D eigenvalue weighted by Gasteiger charge is 2.33. The third kappa shape index (κ3) is 5.19. The van der Waals surface area contributed by atoms with E-state index in [2.05, 4.69) is 10.6 Å². The molecule has 156 valence electrons. The van der Waals surface area contributed by atoms with Gasteiger partial charge in [0.25, 0.3) is 5.69 Å². The normalized spacial score (nSPS) is 23.0. The molecule has 1 aromatic rings. The Hall–Kier alpha value is -1.75. The summed E-state index contributed by atoms with van der Waals surface area (Å²) in [5.74, 6) is -0.500. The van der Waals surface area contributed by atoms with Gasteiger partial charge < -0.3 is 10.6 Å². The number of nitrogens with one attached hydrogen (secondary N) is 2. The number of amides is 1. The fourth-order valence-electron chi connectivity index (χ4n) is 3.56. The van der Waals surface area contributed by atoms with Gasteiger partial charge in [-0.05, 0) is 44.4 Å². The molecule has 28 heavy (non-hydrogen) atoms. The average molecular weight is 433 g/mol. The van der Waals surface area contributed by atoms with Crippen molar-refractivity contribution in [3.05, 3.63) is 34.4 Å². The number of benzene rings is 1. The molecule has 2 N–H and O–H groups in total. The van der Waals surface area contributed by atoms with E-state index in [4.69, 9.17) is 0 Å². The summed E-state index contributed by atoms with van der Waals surface area (Å²) in [6.07, 6.45) is 3.39. The molecule has 1 amide bonds. The molecule has 0 bridgehead atoms. The minimum Gasteiger partial charge on any atom is -0.354 e. The predicted octanol–water partition coefficient (Wildman–Crippen LogP) is 1.29. The summed E-state index contributed by atoms with van der Waals surface area (Å²) in [5, 5.41) is 17.0. The van der Waals surface area contributed by atoms with Crippen molar-refractivity contribution in [2.75, 3.05) is 26.2 Å². The summed E-state index contributed by atoms with van der Waals surface area (Å²) in [7, 11) is -3.78.